The second kappa shape index (κ2) is 5.83. The van der Waals surface area contributed by atoms with E-state index in [4.69, 9.17) is 22.3 Å². The summed E-state index contributed by atoms with van der Waals surface area (Å²) in [5.74, 6) is 0.955. The molecule has 1 atom stereocenters. The van der Waals surface area contributed by atoms with Gasteiger partial charge in [-0.25, -0.2) is 9.50 Å². The minimum Gasteiger partial charge on any atom is -0.355 e. The lowest BCUT2D eigenvalue weighted by Gasteiger charge is -2.31. The Bertz CT molecular complexity index is 844. The molecule has 0 aliphatic carbocycles. The Balaban J connectivity index is 1.77. The third-order valence-electron chi connectivity index (χ3n) is 4.27. The molecule has 0 unspecified atom stereocenters. The van der Waals surface area contributed by atoms with Crippen molar-refractivity contribution in [2.45, 2.75) is 18.9 Å². The molecular weight excluding hydrogens is 310 g/mol. The van der Waals surface area contributed by atoms with Crippen LogP contribution < -0.4 is 10.6 Å². The standard InChI is InChI=1S/C17H18ClN5/c18-13-4-1-3-12(9-13)15-10-20-23-8-6-16(21-17(15)23)22-7-2-5-14(19)11-22/h1,3-4,6,8-10,14H,2,5,7,11,19H2/t14-/m0/s1. The summed E-state index contributed by atoms with van der Waals surface area (Å²) in [6.07, 6.45) is 5.97. The van der Waals surface area contributed by atoms with Crippen molar-refractivity contribution >= 4 is 23.1 Å². The molecule has 0 amide bonds. The Hall–Kier alpha value is -2.11. The van der Waals surface area contributed by atoms with Gasteiger partial charge in [-0.1, -0.05) is 23.7 Å². The molecule has 1 saturated heterocycles. The van der Waals surface area contributed by atoms with Crippen LogP contribution in [-0.4, -0.2) is 33.7 Å². The first kappa shape index (κ1) is 14.5. The average molecular weight is 328 g/mol. The third kappa shape index (κ3) is 2.78. The monoisotopic (exact) mass is 327 g/mol. The number of nitrogens with zero attached hydrogens (tertiary/aromatic N) is 4. The van der Waals surface area contributed by atoms with Crippen LogP contribution in [-0.2, 0) is 0 Å². The molecule has 1 aliphatic rings. The number of halogens is 1. The second-order valence-electron chi connectivity index (χ2n) is 5.97. The molecular formula is C17H18ClN5. The van der Waals surface area contributed by atoms with Crippen LogP contribution in [0.5, 0.6) is 0 Å². The molecule has 1 aliphatic heterocycles. The Morgan fingerprint density at radius 2 is 2.17 bits per heavy atom. The summed E-state index contributed by atoms with van der Waals surface area (Å²) in [6.45, 7) is 1.85. The highest BCUT2D eigenvalue weighted by atomic mass is 35.5. The summed E-state index contributed by atoms with van der Waals surface area (Å²) in [4.78, 5) is 7.08. The molecule has 2 N–H and O–H groups in total. The van der Waals surface area contributed by atoms with Crippen LogP contribution in [0.2, 0.25) is 5.02 Å². The summed E-state index contributed by atoms with van der Waals surface area (Å²) in [6, 6.07) is 9.98. The molecule has 2 aromatic heterocycles. The molecule has 3 heterocycles. The Kier molecular flexibility index (Phi) is 3.67. The van der Waals surface area contributed by atoms with Crippen molar-refractivity contribution in [3.8, 4) is 11.1 Å². The molecule has 0 bridgehead atoms. The third-order valence-corrected chi connectivity index (χ3v) is 4.51. The molecule has 0 saturated carbocycles. The molecule has 6 heteroatoms. The fourth-order valence-electron chi connectivity index (χ4n) is 3.11. The van der Waals surface area contributed by atoms with E-state index in [0.717, 1.165) is 48.5 Å². The molecule has 5 nitrogen and oxygen atoms in total. The maximum absolute atomic E-state index is 6.11. The van der Waals surface area contributed by atoms with Crippen LogP contribution in [0.1, 0.15) is 12.8 Å². The van der Waals surface area contributed by atoms with Crippen molar-refractivity contribution in [2.75, 3.05) is 18.0 Å². The maximum Gasteiger partial charge on any atom is 0.165 e. The van der Waals surface area contributed by atoms with E-state index in [0.29, 0.717) is 5.02 Å². The summed E-state index contributed by atoms with van der Waals surface area (Å²) in [5, 5.41) is 5.10. The van der Waals surface area contributed by atoms with Crippen molar-refractivity contribution in [3.63, 3.8) is 0 Å². The lowest BCUT2D eigenvalue weighted by Crippen LogP contribution is -2.43. The molecule has 0 radical (unpaired) electrons. The van der Waals surface area contributed by atoms with E-state index in [1.807, 2.05) is 42.7 Å². The van der Waals surface area contributed by atoms with Gasteiger partial charge in [0.25, 0.3) is 0 Å². The zero-order valence-corrected chi connectivity index (χ0v) is 13.4. The number of benzene rings is 1. The van der Waals surface area contributed by atoms with Crippen molar-refractivity contribution in [1.29, 1.82) is 0 Å². The van der Waals surface area contributed by atoms with Crippen LogP contribution in [0, 0.1) is 0 Å². The van der Waals surface area contributed by atoms with Gasteiger partial charge < -0.3 is 10.6 Å². The zero-order valence-electron chi connectivity index (χ0n) is 12.7. The van der Waals surface area contributed by atoms with Gasteiger partial charge in [0.05, 0.1) is 6.20 Å². The smallest absolute Gasteiger partial charge is 0.165 e. The summed E-state index contributed by atoms with van der Waals surface area (Å²) in [5.41, 5.74) is 8.93. The highest BCUT2D eigenvalue weighted by Crippen LogP contribution is 2.27. The van der Waals surface area contributed by atoms with E-state index in [2.05, 4.69) is 10.00 Å². The summed E-state index contributed by atoms with van der Waals surface area (Å²) >= 11 is 6.11. The summed E-state index contributed by atoms with van der Waals surface area (Å²) < 4.78 is 1.80. The molecule has 0 spiro atoms. The number of anilines is 1. The normalized spacial score (nSPS) is 18.5. The van der Waals surface area contributed by atoms with Gasteiger partial charge in [0, 0.05) is 35.9 Å². The van der Waals surface area contributed by atoms with Crippen LogP contribution in [0.25, 0.3) is 16.8 Å². The van der Waals surface area contributed by atoms with Crippen LogP contribution in [0.3, 0.4) is 0 Å². The van der Waals surface area contributed by atoms with Gasteiger partial charge >= 0.3 is 0 Å². The van der Waals surface area contributed by atoms with Crippen molar-refractivity contribution < 1.29 is 0 Å². The van der Waals surface area contributed by atoms with E-state index in [-0.39, 0.29) is 6.04 Å². The van der Waals surface area contributed by atoms with Crippen LogP contribution >= 0.6 is 11.6 Å². The molecule has 4 rings (SSSR count). The first-order valence-corrected chi connectivity index (χ1v) is 8.19. The SMILES string of the molecule is N[C@H]1CCCN(c2ccn3ncc(-c4cccc(Cl)c4)c3n2)C1. The minimum absolute atomic E-state index is 0.221. The van der Waals surface area contributed by atoms with Crippen molar-refractivity contribution in [1.82, 2.24) is 14.6 Å². The quantitative estimate of drug-likeness (QED) is 0.786. The summed E-state index contributed by atoms with van der Waals surface area (Å²) in [7, 11) is 0. The van der Waals surface area contributed by atoms with Gasteiger partial charge in [0.1, 0.15) is 5.82 Å². The maximum atomic E-state index is 6.11. The van der Waals surface area contributed by atoms with E-state index in [9.17, 15) is 0 Å². The van der Waals surface area contributed by atoms with Crippen molar-refractivity contribution in [3.05, 3.63) is 47.7 Å². The largest absolute Gasteiger partial charge is 0.355 e. The Morgan fingerprint density at radius 1 is 1.26 bits per heavy atom. The Morgan fingerprint density at radius 3 is 3.00 bits per heavy atom. The fourth-order valence-corrected chi connectivity index (χ4v) is 3.30. The number of rotatable bonds is 2. The topological polar surface area (TPSA) is 59.5 Å². The average Bonchev–Trinajstić information content (AvgIpc) is 2.98. The fraction of sp³-hybridized carbons (Fsp3) is 0.294. The van der Waals surface area contributed by atoms with E-state index < -0.39 is 0 Å². The predicted octanol–water partition coefficient (Wildman–Crippen LogP) is 2.98. The Labute approximate surface area is 139 Å². The first-order valence-electron chi connectivity index (χ1n) is 7.81. The van der Waals surface area contributed by atoms with Gasteiger partial charge in [-0.05, 0) is 36.6 Å². The van der Waals surface area contributed by atoms with E-state index >= 15 is 0 Å². The highest BCUT2D eigenvalue weighted by molar-refractivity contribution is 6.30. The molecule has 3 aromatic rings. The molecule has 1 fully saturated rings. The molecule has 1 aromatic carbocycles. The van der Waals surface area contributed by atoms with Crippen molar-refractivity contribution in [2.24, 2.45) is 5.73 Å². The minimum atomic E-state index is 0.221. The number of nitrogens with two attached hydrogens (primary N) is 1. The van der Waals surface area contributed by atoms with Gasteiger partial charge in [-0.15, -0.1) is 0 Å². The van der Waals surface area contributed by atoms with Gasteiger partial charge in [0.2, 0.25) is 0 Å². The predicted molar refractivity (Wildman–Crippen MR) is 92.9 cm³/mol. The number of fused-ring (bicyclic) bond motifs is 1. The van der Waals surface area contributed by atoms with Gasteiger partial charge in [-0.2, -0.15) is 5.10 Å². The number of hydrogen-bond acceptors (Lipinski definition) is 4. The second-order valence-corrected chi connectivity index (χ2v) is 6.41. The number of hydrogen-bond donors (Lipinski definition) is 1. The van der Waals surface area contributed by atoms with E-state index in [1.54, 1.807) is 4.52 Å². The molecule has 118 valence electrons. The van der Waals surface area contributed by atoms with E-state index in [1.165, 1.54) is 0 Å². The van der Waals surface area contributed by atoms with Gasteiger partial charge in [-0.3, -0.25) is 0 Å². The van der Waals surface area contributed by atoms with Crippen LogP contribution in [0.4, 0.5) is 5.82 Å². The lowest BCUT2D eigenvalue weighted by atomic mass is 10.1. The van der Waals surface area contributed by atoms with Gasteiger partial charge in [0.15, 0.2) is 5.65 Å². The highest BCUT2D eigenvalue weighted by Gasteiger charge is 2.19. The zero-order chi connectivity index (χ0) is 15.8. The lowest BCUT2D eigenvalue weighted by molar-refractivity contribution is 0.503. The number of piperidine rings is 1. The van der Waals surface area contributed by atoms with Crippen LogP contribution in [0.15, 0.2) is 42.7 Å². The number of aromatic nitrogens is 3. The first-order chi connectivity index (χ1) is 11.2. The molecule has 23 heavy (non-hydrogen) atoms.